The maximum Gasteiger partial charge on any atom is 0.270 e. The Labute approximate surface area is 134 Å². The molecule has 0 aliphatic carbocycles. The maximum absolute atomic E-state index is 12.8. The molecule has 8 heteroatoms. The van der Waals surface area contributed by atoms with Crippen molar-refractivity contribution >= 4 is 21.4 Å². The van der Waals surface area contributed by atoms with Gasteiger partial charge in [-0.15, -0.1) is 0 Å². The second kappa shape index (κ2) is 6.66. The lowest BCUT2D eigenvalue weighted by Crippen LogP contribution is -2.30. The molecule has 0 radical (unpaired) electrons. The number of nitro groups is 1. The Kier molecular flexibility index (Phi) is 4.85. The molecule has 0 saturated heterocycles. The lowest BCUT2D eigenvalue weighted by Gasteiger charge is -2.23. The minimum absolute atomic E-state index is 0.121. The summed E-state index contributed by atoms with van der Waals surface area (Å²) in [4.78, 5) is 10.1. The molecule has 2 aromatic rings. The van der Waals surface area contributed by atoms with Crippen LogP contribution in [0.1, 0.15) is 6.92 Å². The number of nitrogens with zero attached hydrogens (tertiary/aromatic N) is 2. The third kappa shape index (κ3) is 3.42. The zero-order valence-electron chi connectivity index (χ0n) is 12.7. The number of hydrogen-bond acceptors (Lipinski definition) is 5. The standard InChI is InChI=1S/C15H16N2O5S/c1-3-16(12-7-9-14(22-2)10-8-12)23(20,21)15-6-4-5-13(11-15)17(18)19/h4-11H,3H2,1-2H3. The molecule has 0 aliphatic rings. The largest absolute Gasteiger partial charge is 0.497 e. The highest BCUT2D eigenvalue weighted by molar-refractivity contribution is 7.92. The van der Waals surface area contributed by atoms with Gasteiger partial charge in [-0.05, 0) is 37.3 Å². The molecule has 2 aromatic carbocycles. The first-order valence-corrected chi connectivity index (χ1v) is 8.25. The van der Waals surface area contributed by atoms with Crippen molar-refractivity contribution in [3.05, 3.63) is 58.6 Å². The molecule has 122 valence electrons. The van der Waals surface area contributed by atoms with Crippen LogP contribution in [-0.4, -0.2) is 27.0 Å². The van der Waals surface area contributed by atoms with Crippen molar-refractivity contribution in [2.24, 2.45) is 0 Å². The minimum Gasteiger partial charge on any atom is -0.497 e. The number of anilines is 1. The number of rotatable bonds is 6. The van der Waals surface area contributed by atoms with E-state index in [9.17, 15) is 18.5 Å². The summed E-state index contributed by atoms with van der Waals surface area (Å²) in [7, 11) is -2.37. The third-order valence-electron chi connectivity index (χ3n) is 3.26. The molecule has 0 atom stereocenters. The lowest BCUT2D eigenvalue weighted by atomic mass is 10.3. The average molecular weight is 336 g/mol. The lowest BCUT2D eigenvalue weighted by molar-refractivity contribution is -0.385. The van der Waals surface area contributed by atoms with Gasteiger partial charge in [0.2, 0.25) is 0 Å². The van der Waals surface area contributed by atoms with Gasteiger partial charge < -0.3 is 4.74 Å². The normalized spacial score (nSPS) is 11.0. The molecular formula is C15H16N2O5S. The Hall–Kier alpha value is -2.61. The topological polar surface area (TPSA) is 89.8 Å². The van der Waals surface area contributed by atoms with Gasteiger partial charge in [0.25, 0.3) is 15.7 Å². The molecule has 0 bridgehead atoms. The van der Waals surface area contributed by atoms with E-state index in [1.54, 1.807) is 31.2 Å². The highest BCUT2D eigenvalue weighted by Gasteiger charge is 2.25. The molecule has 0 aliphatic heterocycles. The highest BCUT2D eigenvalue weighted by atomic mass is 32.2. The second-order valence-electron chi connectivity index (χ2n) is 4.62. The van der Waals surface area contributed by atoms with Crippen molar-refractivity contribution in [3.8, 4) is 5.75 Å². The molecule has 0 N–H and O–H groups in total. The monoisotopic (exact) mass is 336 g/mol. The number of non-ortho nitro benzene ring substituents is 1. The summed E-state index contributed by atoms with van der Waals surface area (Å²) < 4.78 is 31.8. The van der Waals surface area contributed by atoms with Crippen molar-refractivity contribution in [1.29, 1.82) is 0 Å². The van der Waals surface area contributed by atoms with E-state index in [2.05, 4.69) is 0 Å². The van der Waals surface area contributed by atoms with Crippen LogP contribution in [0.15, 0.2) is 53.4 Å². The van der Waals surface area contributed by atoms with Gasteiger partial charge in [0.05, 0.1) is 22.6 Å². The summed E-state index contributed by atoms with van der Waals surface area (Å²) in [5.41, 5.74) is 0.191. The second-order valence-corrected chi connectivity index (χ2v) is 6.48. The fourth-order valence-corrected chi connectivity index (χ4v) is 3.64. The first-order valence-electron chi connectivity index (χ1n) is 6.81. The van der Waals surface area contributed by atoms with Gasteiger partial charge in [0.15, 0.2) is 0 Å². The predicted octanol–water partition coefficient (Wildman–Crippen LogP) is 2.82. The molecular weight excluding hydrogens is 320 g/mol. The molecule has 2 rings (SSSR count). The van der Waals surface area contributed by atoms with Gasteiger partial charge in [-0.2, -0.15) is 0 Å². The number of ether oxygens (including phenoxy) is 1. The summed E-state index contributed by atoms with van der Waals surface area (Å²) >= 11 is 0. The molecule has 0 saturated carbocycles. The summed E-state index contributed by atoms with van der Waals surface area (Å²) in [6.07, 6.45) is 0. The van der Waals surface area contributed by atoms with Gasteiger partial charge in [0, 0.05) is 18.7 Å². The Morgan fingerprint density at radius 3 is 2.35 bits per heavy atom. The molecule has 0 unspecified atom stereocenters. The third-order valence-corrected chi connectivity index (χ3v) is 5.16. The van der Waals surface area contributed by atoms with Crippen LogP contribution < -0.4 is 9.04 Å². The minimum atomic E-state index is -3.89. The van der Waals surface area contributed by atoms with E-state index in [1.807, 2.05) is 0 Å². The molecule has 0 spiro atoms. The molecule has 7 nitrogen and oxygen atoms in total. The first kappa shape index (κ1) is 16.8. The Bertz CT molecular complexity index is 803. The van der Waals surface area contributed by atoms with Crippen LogP contribution in [0.2, 0.25) is 0 Å². The summed E-state index contributed by atoms with van der Waals surface area (Å²) in [5, 5.41) is 10.8. The quantitative estimate of drug-likeness (QED) is 0.597. The van der Waals surface area contributed by atoms with Crippen LogP contribution in [0.4, 0.5) is 11.4 Å². The Morgan fingerprint density at radius 1 is 1.17 bits per heavy atom. The SMILES string of the molecule is CCN(c1ccc(OC)cc1)S(=O)(=O)c1cccc([N+](=O)[O-])c1. The summed E-state index contributed by atoms with van der Waals surface area (Å²) in [6.45, 7) is 1.89. The molecule has 23 heavy (non-hydrogen) atoms. The first-order chi connectivity index (χ1) is 10.9. The zero-order valence-corrected chi connectivity index (χ0v) is 13.5. The van der Waals surface area contributed by atoms with Crippen molar-refractivity contribution in [1.82, 2.24) is 0 Å². The van der Waals surface area contributed by atoms with Crippen LogP contribution in [0.5, 0.6) is 5.75 Å². The molecule has 0 heterocycles. The van der Waals surface area contributed by atoms with E-state index < -0.39 is 14.9 Å². The van der Waals surface area contributed by atoms with Crippen molar-refractivity contribution < 1.29 is 18.1 Å². The van der Waals surface area contributed by atoms with E-state index in [0.717, 1.165) is 6.07 Å². The predicted molar refractivity (Wildman–Crippen MR) is 86.3 cm³/mol. The summed E-state index contributed by atoms with van der Waals surface area (Å²) in [6, 6.07) is 11.6. The van der Waals surface area contributed by atoms with Gasteiger partial charge in [-0.1, -0.05) is 6.07 Å². The van der Waals surface area contributed by atoms with Crippen LogP contribution in [0, 0.1) is 10.1 Å². The van der Waals surface area contributed by atoms with Gasteiger partial charge in [-0.3, -0.25) is 14.4 Å². The van der Waals surface area contributed by atoms with Crippen LogP contribution in [0.3, 0.4) is 0 Å². The number of nitro benzene ring substituents is 1. The van der Waals surface area contributed by atoms with Gasteiger partial charge in [-0.25, -0.2) is 8.42 Å². The number of benzene rings is 2. The zero-order chi connectivity index (χ0) is 17.0. The van der Waals surface area contributed by atoms with Crippen molar-refractivity contribution in [2.75, 3.05) is 18.0 Å². The highest BCUT2D eigenvalue weighted by Crippen LogP contribution is 2.27. The van der Waals surface area contributed by atoms with E-state index in [1.165, 1.54) is 29.6 Å². The Balaban J connectivity index is 2.46. The van der Waals surface area contributed by atoms with E-state index >= 15 is 0 Å². The van der Waals surface area contributed by atoms with E-state index in [0.29, 0.717) is 11.4 Å². The smallest absolute Gasteiger partial charge is 0.270 e. The van der Waals surface area contributed by atoms with Crippen LogP contribution in [0.25, 0.3) is 0 Å². The summed E-state index contributed by atoms with van der Waals surface area (Å²) in [5.74, 6) is 0.609. The van der Waals surface area contributed by atoms with E-state index in [-0.39, 0.29) is 17.1 Å². The van der Waals surface area contributed by atoms with Crippen molar-refractivity contribution in [2.45, 2.75) is 11.8 Å². The average Bonchev–Trinajstić information content (AvgIpc) is 2.56. The van der Waals surface area contributed by atoms with Gasteiger partial charge >= 0.3 is 0 Å². The van der Waals surface area contributed by atoms with Crippen LogP contribution >= 0.6 is 0 Å². The van der Waals surface area contributed by atoms with E-state index in [4.69, 9.17) is 4.74 Å². The number of hydrogen-bond donors (Lipinski definition) is 0. The molecule has 0 fully saturated rings. The van der Waals surface area contributed by atoms with Gasteiger partial charge in [0.1, 0.15) is 5.75 Å². The molecule has 0 amide bonds. The maximum atomic E-state index is 12.8. The number of methoxy groups -OCH3 is 1. The molecule has 0 aromatic heterocycles. The number of sulfonamides is 1. The fraction of sp³-hybridized carbons (Fsp3) is 0.200. The Morgan fingerprint density at radius 2 is 1.83 bits per heavy atom. The van der Waals surface area contributed by atoms with Crippen LogP contribution in [-0.2, 0) is 10.0 Å². The fourth-order valence-electron chi connectivity index (χ4n) is 2.12. The van der Waals surface area contributed by atoms with Crippen molar-refractivity contribution in [3.63, 3.8) is 0 Å².